The molecule has 0 fully saturated rings. The fourth-order valence-corrected chi connectivity index (χ4v) is 2.61. The summed E-state index contributed by atoms with van der Waals surface area (Å²) in [4.78, 5) is 0. The van der Waals surface area contributed by atoms with Gasteiger partial charge < -0.3 is 5.32 Å². The van der Waals surface area contributed by atoms with Crippen molar-refractivity contribution >= 4 is 33.2 Å². The van der Waals surface area contributed by atoms with Gasteiger partial charge in [-0.25, -0.2) is 0 Å². The van der Waals surface area contributed by atoms with E-state index in [0.717, 1.165) is 6.07 Å². The summed E-state index contributed by atoms with van der Waals surface area (Å²) in [6.45, 7) is 2.06. The molecule has 1 aromatic carbocycles. The van der Waals surface area contributed by atoms with Crippen molar-refractivity contribution in [2.45, 2.75) is 19.6 Å². The Morgan fingerprint density at radius 3 is 2.57 bits per heavy atom. The Kier molecular flexibility index (Phi) is 4.53. The average Bonchev–Trinajstić information content (AvgIpc) is 2.61. The lowest BCUT2D eigenvalue weighted by Gasteiger charge is -2.13. The van der Waals surface area contributed by atoms with Crippen LogP contribution in [0.2, 0.25) is 5.02 Å². The Hall–Kier alpha value is -1.21. The maximum atomic E-state index is 12.8. The molecule has 0 radical (unpaired) electrons. The number of alkyl halides is 3. The molecule has 0 saturated carbocycles. The van der Waals surface area contributed by atoms with E-state index in [4.69, 9.17) is 11.6 Å². The minimum absolute atomic E-state index is 0.00922. The molecule has 0 aliphatic carbocycles. The molecule has 0 bridgehead atoms. The number of benzene rings is 1. The third-order valence-corrected chi connectivity index (χ3v) is 4.18. The summed E-state index contributed by atoms with van der Waals surface area (Å²) >= 11 is 9.00. The van der Waals surface area contributed by atoms with Crippen molar-refractivity contribution < 1.29 is 13.2 Å². The summed E-state index contributed by atoms with van der Waals surface area (Å²) in [5.74, 6) is 0. The zero-order chi connectivity index (χ0) is 15.8. The molecule has 3 nitrogen and oxygen atoms in total. The van der Waals surface area contributed by atoms with Crippen LogP contribution in [0.15, 0.2) is 22.7 Å². The topological polar surface area (TPSA) is 29.9 Å². The minimum atomic E-state index is -4.41. The predicted octanol–water partition coefficient (Wildman–Crippen LogP) is 4.78. The van der Waals surface area contributed by atoms with Gasteiger partial charge in [0.2, 0.25) is 0 Å². The summed E-state index contributed by atoms with van der Waals surface area (Å²) in [7, 11) is 1.73. The molecular weight excluding hydrogens is 371 g/mol. The van der Waals surface area contributed by atoms with Crippen LogP contribution in [0.25, 0.3) is 0 Å². The highest BCUT2D eigenvalue weighted by Gasteiger charge is 2.33. The number of rotatable bonds is 3. The van der Waals surface area contributed by atoms with Crippen LogP contribution in [0.3, 0.4) is 0 Å². The molecule has 2 rings (SSSR count). The van der Waals surface area contributed by atoms with Crippen molar-refractivity contribution in [1.29, 1.82) is 0 Å². The molecule has 2 aromatic rings. The highest BCUT2D eigenvalue weighted by Crippen LogP contribution is 2.36. The fraction of sp³-hybridized carbons (Fsp3) is 0.308. The first-order valence-electron chi connectivity index (χ1n) is 5.98. The second kappa shape index (κ2) is 5.88. The Morgan fingerprint density at radius 2 is 2.05 bits per heavy atom. The number of anilines is 1. The summed E-state index contributed by atoms with van der Waals surface area (Å²) in [6, 6.07) is 3.99. The number of hydrogen-bond donors (Lipinski definition) is 1. The van der Waals surface area contributed by atoms with E-state index >= 15 is 0 Å². The minimum Gasteiger partial charge on any atom is -0.379 e. The third kappa shape index (κ3) is 3.52. The van der Waals surface area contributed by atoms with E-state index in [1.165, 1.54) is 6.07 Å². The number of hydrogen-bond acceptors (Lipinski definition) is 2. The maximum absolute atomic E-state index is 12.8. The summed E-state index contributed by atoms with van der Waals surface area (Å²) in [5.41, 5.74) is 1.04. The Bertz CT molecular complexity index is 667. The fourth-order valence-electron chi connectivity index (χ4n) is 1.91. The smallest absolute Gasteiger partial charge is 0.379 e. The van der Waals surface area contributed by atoms with E-state index in [2.05, 4.69) is 26.3 Å². The van der Waals surface area contributed by atoms with Gasteiger partial charge >= 0.3 is 6.18 Å². The van der Waals surface area contributed by atoms with Crippen LogP contribution >= 0.6 is 27.5 Å². The number of nitrogens with zero attached hydrogens (tertiary/aromatic N) is 2. The van der Waals surface area contributed by atoms with E-state index in [-0.39, 0.29) is 11.0 Å². The molecule has 21 heavy (non-hydrogen) atoms. The van der Waals surface area contributed by atoms with E-state index in [1.807, 2.05) is 0 Å². The molecule has 114 valence electrons. The first-order valence-corrected chi connectivity index (χ1v) is 7.16. The monoisotopic (exact) mass is 381 g/mol. The lowest BCUT2D eigenvalue weighted by Crippen LogP contribution is -2.09. The molecule has 0 aliphatic heterocycles. The van der Waals surface area contributed by atoms with Crippen LogP contribution in [0, 0.1) is 6.92 Å². The van der Waals surface area contributed by atoms with E-state index in [0.29, 0.717) is 22.1 Å². The zero-order valence-electron chi connectivity index (χ0n) is 11.2. The van der Waals surface area contributed by atoms with Crippen LogP contribution in [0.5, 0.6) is 0 Å². The van der Waals surface area contributed by atoms with Crippen molar-refractivity contribution in [2.24, 2.45) is 7.05 Å². The number of nitrogens with one attached hydrogen (secondary N) is 1. The molecule has 8 heteroatoms. The van der Waals surface area contributed by atoms with Gasteiger partial charge in [-0.3, -0.25) is 4.68 Å². The second-order valence-electron chi connectivity index (χ2n) is 4.52. The number of halogens is 5. The standard InChI is InChI=1S/C13H12BrClF3N3/c1-7-12(15)11(21(2)20-7)6-19-8-3-4-10(14)9(5-8)13(16,17)18/h3-5,19H,6H2,1-2H3. The van der Waals surface area contributed by atoms with Crippen molar-refractivity contribution in [3.05, 3.63) is 44.6 Å². The van der Waals surface area contributed by atoms with Gasteiger partial charge in [0.05, 0.1) is 28.5 Å². The summed E-state index contributed by atoms with van der Waals surface area (Å²) < 4.78 is 40.1. The van der Waals surface area contributed by atoms with Gasteiger partial charge in [-0.2, -0.15) is 18.3 Å². The van der Waals surface area contributed by atoms with Crippen molar-refractivity contribution in [1.82, 2.24) is 9.78 Å². The molecule has 0 atom stereocenters. The van der Waals surface area contributed by atoms with Gasteiger partial charge in [0.1, 0.15) is 0 Å². The average molecular weight is 383 g/mol. The van der Waals surface area contributed by atoms with E-state index in [1.54, 1.807) is 24.7 Å². The van der Waals surface area contributed by atoms with Gasteiger partial charge in [-0.1, -0.05) is 27.5 Å². The van der Waals surface area contributed by atoms with Crippen LogP contribution in [-0.2, 0) is 19.8 Å². The van der Waals surface area contributed by atoms with E-state index in [9.17, 15) is 13.2 Å². The van der Waals surface area contributed by atoms with Crippen LogP contribution in [0.4, 0.5) is 18.9 Å². The van der Waals surface area contributed by atoms with Gasteiger partial charge in [-0.05, 0) is 25.1 Å². The Morgan fingerprint density at radius 1 is 1.38 bits per heavy atom. The molecule has 0 spiro atoms. The molecule has 1 N–H and O–H groups in total. The van der Waals surface area contributed by atoms with Crippen LogP contribution < -0.4 is 5.32 Å². The Labute approximate surface area is 133 Å². The lowest BCUT2D eigenvalue weighted by atomic mass is 10.2. The summed E-state index contributed by atoms with van der Waals surface area (Å²) in [5, 5.41) is 7.59. The van der Waals surface area contributed by atoms with Crippen molar-refractivity contribution in [3.63, 3.8) is 0 Å². The molecule has 1 aromatic heterocycles. The SMILES string of the molecule is Cc1nn(C)c(CNc2ccc(Br)c(C(F)(F)F)c2)c1Cl. The predicted molar refractivity (Wildman–Crippen MR) is 79.4 cm³/mol. The largest absolute Gasteiger partial charge is 0.417 e. The van der Waals surface area contributed by atoms with Crippen LogP contribution in [-0.4, -0.2) is 9.78 Å². The molecular formula is C13H12BrClF3N3. The lowest BCUT2D eigenvalue weighted by molar-refractivity contribution is -0.138. The molecule has 0 unspecified atom stereocenters. The molecule has 0 amide bonds. The normalized spacial score (nSPS) is 11.8. The zero-order valence-corrected chi connectivity index (χ0v) is 13.6. The highest BCUT2D eigenvalue weighted by atomic mass is 79.9. The van der Waals surface area contributed by atoms with Crippen LogP contribution in [0.1, 0.15) is 17.0 Å². The van der Waals surface area contributed by atoms with Crippen molar-refractivity contribution in [2.75, 3.05) is 5.32 Å². The molecule has 0 aliphatic rings. The quantitative estimate of drug-likeness (QED) is 0.828. The maximum Gasteiger partial charge on any atom is 0.417 e. The van der Waals surface area contributed by atoms with Crippen molar-refractivity contribution in [3.8, 4) is 0 Å². The Balaban J connectivity index is 2.21. The third-order valence-electron chi connectivity index (χ3n) is 2.99. The number of aryl methyl sites for hydroxylation is 2. The molecule has 0 saturated heterocycles. The van der Waals surface area contributed by atoms with E-state index < -0.39 is 11.7 Å². The first kappa shape index (κ1) is 16.2. The number of aromatic nitrogens is 2. The highest BCUT2D eigenvalue weighted by molar-refractivity contribution is 9.10. The summed E-state index contributed by atoms with van der Waals surface area (Å²) in [6.07, 6.45) is -4.41. The second-order valence-corrected chi connectivity index (χ2v) is 5.75. The molecule has 1 heterocycles. The van der Waals surface area contributed by atoms with Gasteiger partial charge in [0.25, 0.3) is 0 Å². The first-order chi connectivity index (χ1) is 9.70. The van der Waals surface area contributed by atoms with Gasteiger partial charge in [-0.15, -0.1) is 0 Å². The van der Waals surface area contributed by atoms with Gasteiger partial charge in [0.15, 0.2) is 0 Å². The van der Waals surface area contributed by atoms with Gasteiger partial charge in [0, 0.05) is 17.2 Å².